The van der Waals surface area contributed by atoms with E-state index in [0.29, 0.717) is 11.4 Å². The number of fused-ring (bicyclic) bond motifs is 1. The largest absolute Gasteiger partial charge is 0.435 e. The molecule has 144 valence electrons. The van der Waals surface area contributed by atoms with Crippen LogP contribution in [0.3, 0.4) is 0 Å². The van der Waals surface area contributed by atoms with Gasteiger partial charge >= 0.3 is 6.61 Å². The van der Waals surface area contributed by atoms with E-state index in [4.69, 9.17) is 0 Å². The van der Waals surface area contributed by atoms with E-state index in [1.807, 2.05) is 30.3 Å². The number of rotatable bonds is 6. The number of benzene rings is 2. The molecule has 28 heavy (non-hydrogen) atoms. The molecule has 2 aromatic carbocycles. The van der Waals surface area contributed by atoms with Crippen LogP contribution < -0.4 is 10.1 Å². The number of aryl methyl sites for hydroxylation is 1. The van der Waals surface area contributed by atoms with E-state index in [1.165, 1.54) is 12.1 Å². The third kappa shape index (κ3) is 3.88. The van der Waals surface area contributed by atoms with Gasteiger partial charge in [0.2, 0.25) is 5.91 Å². The van der Waals surface area contributed by atoms with E-state index in [9.17, 15) is 13.6 Å². The molecule has 4 rings (SSSR count). The Balaban J connectivity index is 1.52. The summed E-state index contributed by atoms with van der Waals surface area (Å²) in [6.07, 6.45) is 2.95. The summed E-state index contributed by atoms with van der Waals surface area (Å²) >= 11 is 0. The molecular formula is C21H19F2N3O2. The van der Waals surface area contributed by atoms with Crippen molar-refractivity contribution in [3.05, 3.63) is 71.4 Å². The second-order valence-corrected chi connectivity index (χ2v) is 6.62. The number of hydrogen-bond donors (Lipinski definition) is 1. The summed E-state index contributed by atoms with van der Waals surface area (Å²) in [5.41, 5.74) is 3.70. The monoisotopic (exact) mass is 383 g/mol. The molecule has 3 aromatic rings. The number of nitrogens with zero attached hydrogens (tertiary/aromatic N) is 2. The number of amides is 1. The number of hydrogen-bond acceptors (Lipinski definition) is 3. The summed E-state index contributed by atoms with van der Waals surface area (Å²) in [6, 6.07) is 15.8. The van der Waals surface area contributed by atoms with Gasteiger partial charge in [0.25, 0.3) is 0 Å². The van der Waals surface area contributed by atoms with E-state index >= 15 is 0 Å². The molecule has 0 fully saturated rings. The Kier molecular flexibility index (Phi) is 5.06. The molecule has 7 heteroatoms. The summed E-state index contributed by atoms with van der Waals surface area (Å²) < 4.78 is 30.6. The quantitative estimate of drug-likeness (QED) is 0.696. The Hall–Kier alpha value is -3.22. The van der Waals surface area contributed by atoms with Gasteiger partial charge in [0.1, 0.15) is 11.6 Å². The van der Waals surface area contributed by atoms with Crippen molar-refractivity contribution in [3.63, 3.8) is 0 Å². The summed E-state index contributed by atoms with van der Waals surface area (Å²) in [5, 5.41) is 7.67. The van der Waals surface area contributed by atoms with E-state index in [1.54, 1.807) is 16.8 Å². The maximum atomic E-state index is 12.6. The van der Waals surface area contributed by atoms with E-state index in [0.717, 1.165) is 36.2 Å². The SMILES string of the molecule is O=C(Cc1ccc(OC(F)F)cc1)Nc1c2c(nn1-c1ccccc1)CCC2. The van der Waals surface area contributed by atoms with E-state index in [2.05, 4.69) is 15.2 Å². The molecule has 1 aromatic heterocycles. The number of anilines is 1. The van der Waals surface area contributed by atoms with Crippen LogP contribution in [0.1, 0.15) is 23.2 Å². The zero-order valence-electron chi connectivity index (χ0n) is 15.1. The summed E-state index contributed by atoms with van der Waals surface area (Å²) in [6.45, 7) is -2.87. The van der Waals surface area contributed by atoms with Gasteiger partial charge in [0.05, 0.1) is 17.8 Å². The maximum Gasteiger partial charge on any atom is 0.387 e. The molecule has 0 bridgehead atoms. The first kappa shape index (κ1) is 18.2. The molecule has 1 amide bonds. The number of carbonyl (C=O) groups is 1. The van der Waals surface area contributed by atoms with E-state index < -0.39 is 6.61 Å². The Labute approximate surface area is 160 Å². The van der Waals surface area contributed by atoms with Crippen molar-refractivity contribution in [1.82, 2.24) is 9.78 Å². The number of halogens is 2. The van der Waals surface area contributed by atoms with Crippen LogP contribution in [-0.4, -0.2) is 22.3 Å². The Bertz CT molecular complexity index is 969. The van der Waals surface area contributed by atoms with Gasteiger partial charge in [0.15, 0.2) is 0 Å². The zero-order valence-corrected chi connectivity index (χ0v) is 15.1. The normalized spacial score (nSPS) is 12.8. The number of ether oxygens (including phenoxy) is 1. The van der Waals surface area contributed by atoms with Crippen molar-refractivity contribution in [2.24, 2.45) is 0 Å². The molecule has 0 saturated carbocycles. The Morgan fingerprint density at radius 2 is 1.86 bits per heavy atom. The van der Waals surface area contributed by atoms with Gasteiger partial charge in [0, 0.05) is 5.56 Å². The highest BCUT2D eigenvalue weighted by atomic mass is 19.3. The van der Waals surface area contributed by atoms with Gasteiger partial charge in [-0.05, 0) is 49.1 Å². The molecule has 0 spiro atoms. The first-order valence-corrected chi connectivity index (χ1v) is 9.10. The maximum absolute atomic E-state index is 12.6. The lowest BCUT2D eigenvalue weighted by Gasteiger charge is -2.11. The minimum Gasteiger partial charge on any atom is -0.435 e. The molecule has 1 aliphatic rings. The fraction of sp³-hybridized carbons (Fsp3) is 0.238. The first-order chi connectivity index (χ1) is 13.6. The number of para-hydroxylation sites is 1. The molecule has 1 heterocycles. The Morgan fingerprint density at radius 3 is 2.57 bits per heavy atom. The third-order valence-corrected chi connectivity index (χ3v) is 4.68. The van der Waals surface area contributed by atoms with Gasteiger partial charge in [-0.3, -0.25) is 4.79 Å². The summed E-state index contributed by atoms with van der Waals surface area (Å²) in [5.74, 6) is 0.592. The number of nitrogens with one attached hydrogen (secondary N) is 1. The van der Waals surface area contributed by atoms with Crippen LogP contribution >= 0.6 is 0 Å². The summed E-state index contributed by atoms with van der Waals surface area (Å²) in [4.78, 5) is 12.6. The second-order valence-electron chi connectivity index (χ2n) is 6.62. The van der Waals surface area contributed by atoms with Crippen LogP contribution in [0, 0.1) is 0 Å². The molecule has 1 N–H and O–H groups in total. The third-order valence-electron chi connectivity index (χ3n) is 4.68. The highest BCUT2D eigenvalue weighted by molar-refractivity contribution is 5.92. The minimum absolute atomic E-state index is 0.0686. The van der Waals surface area contributed by atoms with Crippen LogP contribution in [0.25, 0.3) is 5.69 Å². The predicted molar refractivity (Wildman–Crippen MR) is 101 cm³/mol. The molecule has 0 atom stereocenters. The average Bonchev–Trinajstić information content (AvgIpc) is 3.26. The van der Waals surface area contributed by atoms with Gasteiger partial charge in [-0.15, -0.1) is 0 Å². The fourth-order valence-electron chi connectivity index (χ4n) is 3.43. The number of alkyl halides is 2. The molecule has 0 radical (unpaired) electrons. The lowest BCUT2D eigenvalue weighted by atomic mass is 10.1. The van der Waals surface area contributed by atoms with Crippen LogP contribution in [0.5, 0.6) is 5.75 Å². The fourth-order valence-corrected chi connectivity index (χ4v) is 3.43. The number of carbonyl (C=O) groups excluding carboxylic acids is 1. The van der Waals surface area contributed by atoms with Crippen LogP contribution in [0.15, 0.2) is 54.6 Å². The first-order valence-electron chi connectivity index (χ1n) is 9.10. The zero-order chi connectivity index (χ0) is 19.5. The molecule has 1 aliphatic carbocycles. The van der Waals surface area contributed by atoms with Crippen molar-refractivity contribution >= 4 is 11.7 Å². The Morgan fingerprint density at radius 1 is 1.11 bits per heavy atom. The van der Waals surface area contributed by atoms with Crippen molar-refractivity contribution in [3.8, 4) is 11.4 Å². The lowest BCUT2D eigenvalue weighted by Crippen LogP contribution is -2.18. The van der Waals surface area contributed by atoms with Crippen LogP contribution in [0.2, 0.25) is 0 Å². The minimum atomic E-state index is -2.87. The molecule has 0 unspecified atom stereocenters. The van der Waals surface area contributed by atoms with Crippen molar-refractivity contribution in [2.75, 3.05) is 5.32 Å². The molecule has 0 saturated heterocycles. The second kappa shape index (κ2) is 7.80. The average molecular weight is 383 g/mol. The summed E-state index contributed by atoms with van der Waals surface area (Å²) in [7, 11) is 0. The molecular weight excluding hydrogens is 364 g/mol. The van der Waals surface area contributed by atoms with Gasteiger partial charge in [-0.2, -0.15) is 13.9 Å². The van der Waals surface area contributed by atoms with Crippen molar-refractivity contribution < 1.29 is 18.3 Å². The van der Waals surface area contributed by atoms with Gasteiger partial charge < -0.3 is 10.1 Å². The smallest absolute Gasteiger partial charge is 0.387 e. The predicted octanol–water partition coefficient (Wildman–Crippen LogP) is 4.14. The lowest BCUT2D eigenvalue weighted by molar-refractivity contribution is -0.115. The van der Waals surface area contributed by atoms with Gasteiger partial charge in [-0.1, -0.05) is 30.3 Å². The van der Waals surface area contributed by atoms with Crippen molar-refractivity contribution in [2.45, 2.75) is 32.3 Å². The molecule has 5 nitrogen and oxygen atoms in total. The highest BCUT2D eigenvalue weighted by Crippen LogP contribution is 2.31. The number of aromatic nitrogens is 2. The standard InChI is InChI=1S/C21H19F2N3O2/c22-21(23)28-16-11-9-14(10-12-16)13-19(27)24-20-17-7-4-8-18(17)25-26(20)15-5-2-1-3-6-15/h1-3,5-6,9-12,21H,4,7-8,13H2,(H,24,27). The van der Waals surface area contributed by atoms with Crippen LogP contribution in [0.4, 0.5) is 14.6 Å². The topological polar surface area (TPSA) is 56.1 Å². The highest BCUT2D eigenvalue weighted by Gasteiger charge is 2.24. The van der Waals surface area contributed by atoms with Crippen LogP contribution in [-0.2, 0) is 24.1 Å². The van der Waals surface area contributed by atoms with Crippen molar-refractivity contribution in [1.29, 1.82) is 0 Å². The molecule has 0 aliphatic heterocycles. The van der Waals surface area contributed by atoms with E-state index in [-0.39, 0.29) is 18.1 Å². The van der Waals surface area contributed by atoms with Gasteiger partial charge in [-0.25, -0.2) is 4.68 Å².